The van der Waals surface area contributed by atoms with Gasteiger partial charge in [0.15, 0.2) is 0 Å². The van der Waals surface area contributed by atoms with E-state index in [4.69, 9.17) is 15.6 Å². The predicted octanol–water partition coefficient (Wildman–Crippen LogP) is -1.94. The van der Waals surface area contributed by atoms with Gasteiger partial charge in [0, 0.05) is 13.2 Å². The lowest BCUT2D eigenvalue weighted by atomic mass is 10.0. The summed E-state index contributed by atoms with van der Waals surface area (Å²) in [4.78, 5) is 0. The summed E-state index contributed by atoms with van der Waals surface area (Å²) >= 11 is 0. The number of methoxy groups -OCH3 is 1. The Labute approximate surface area is 71.8 Å². The fourth-order valence-electron chi connectivity index (χ4n) is 0.853. The van der Waals surface area contributed by atoms with Crippen molar-refractivity contribution in [2.45, 2.75) is 31.3 Å². The van der Waals surface area contributed by atoms with Gasteiger partial charge in [0.25, 0.3) is 0 Å². The lowest BCUT2D eigenvalue weighted by Gasteiger charge is -2.26. The highest BCUT2D eigenvalue weighted by molar-refractivity contribution is 4.81. The smallest absolute Gasteiger partial charge is 0.110 e. The standard InChI is InChI=1S/C7H17NO4/c1-4(8)6(10)7(11)5(3-9)12-2/h4-7,9-11H,3,8H2,1-2H3/t4-,5?,6?,7?/m1/s1. The largest absolute Gasteiger partial charge is 0.394 e. The molecule has 4 atom stereocenters. The molecule has 0 aromatic rings. The Morgan fingerprint density at radius 2 is 1.83 bits per heavy atom. The summed E-state index contributed by atoms with van der Waals surface area (Å²) in [7, 11) is 1.35. The van der Waals surface area contributed by atoms with Gasteiger partial charge in [-0.15, -0.1) is 0 Å². The van der Waals surface area contributed by atoms with Crippen molar-refractivity contribution in [2.24, 2.45) is 5.73 Å². The fraction of sp³-hybridized carbons (Fsp3) is 1.00. The Morgan fingerprint density at radius 3 is 2.08 bits per heavy atom. The maximum Gasteiger partial charge on any atom is 0.110 e. The first kappa shape index (κ1) is 11.8. The zero-order valence-corrected chi connectivity index (χ0v) is 7.34. The number of aliphatic hydroxyl groups excluding tert-OH is 3. The van der Waals surface area contributed by atoms with Crippen LogP contribution in [-0.2, 0) is 4.74 Å². The zero-order valence-electron chi connectivity index (χ0n) is 7.34. The van der Waals surface area contributed by atoms with Crippen LogP contribution in [0.4, 0.5) is 0 Å². The van der Waals surface area contributed by atoms with Gasteiger partial charge >= 0.3 is 0 Å². The summed E-state index contributed by atoms with van der Waals surface area (Å²) in [6, 6.07) is -0.552. The molecule has 5 heteroatoms. The topological polar surface area (TPSA) is 95.9 Å². The molecule has 0 saturated heterocycles. The third-order valence-electron chi connectivity index (χ3n) is 1.75. The lowest BCUT2D eigenvalue weighted by Crippen LogP contribution is -2.48. The van der Waals surface area contributed by atoms with Crippen molar-refractivity contribution in [3.05, 3.63) is 0 Å². The minimum absolute atomic E-state index is 0.346. The average Bonchev–Trinajstić information content (AvgIpc) is 2.05. The first-order chi connectivity index (χ1) is 5.54. The maximum atomic E-state index is 9.33. The molecule has 0 heterocycles. The van der Waals surface area contributed by atoms with E-state index in [-0.39, 0.29) is 6.61 Å². The summed E-state index contributed by atoms with van der Waals surface area (Å²) in [5.41, 5.74) is 5.34. The van der Waals surface area contributed by atoms with Gasteiger partial charge < -0.3 is 25.8 Å². The van der Waals surface area contributed by atoms with Gasteiger partial charge in [-0.3, -0.25) is 0 Å². The summed E-state index contributed by atoms with van der Waals surface area (Å²) in [5, 5.41) is 27.3. The third-order valence-corrected chi connectivity index (χ3v) is 1.75. The lowest BCUT2D eigenvalue weighted by molar-refractivity contribution is -0.0969. The molecule has 0 amide bonds. The Bertz CT molecular complexity index is 114. The molecule has 12 heavy (non-hydrogen) atoms. The Balaban J connectivity index is 4.05. The summed E-state index contributed by atoms with van der Waals surface area (Å²) in [6.07, 6.45) is -3.02. The van der Waals surface area contributed by atoms with Crippen LogP contribution in [0.25, 0.3) is 0 Å². The van der Waals surface area contributed by atoms with Crippen LogP contribution in [0, 0.1) is 0 Å². The van der Waals surface area contributed by atoms with Gasteiger partial charge in [0.2, 0.25) is 0 Å². The van der Waals surface area contributed by atoms with Crippen molar-refractivity contribution in [1.29, 1.82) is 0 Å². The highest BCUT2D eigenvalue weighted by Gasteiger charge is 2.27. The van der Waals surface area contributed by atoms with Crippen LogP contribution in [0.1, 0.15) is 6.92 Å². The number of hydrogen-bond donors (Lipinski definition) is 4. The molecular formula is C7H17NO4. The molecule has 74 valence electrons. The van der Waals surface area contributed by atoms with Gasteiger partial charge in [-0.1, -0.05) is 0 Å². The SMILES string of the molecule is COC(CO)C(O)C(O)[C@@H](C)N. The normalized spacial score (nSPS) is 21.5. The van der Waals surface area contributed by atoms with Crippen LogP contribution < -0.4 is 5.73 Å². The molecule has 0 aromatic heterocycles. The van der Waals surface area contributed by atoms with E-state index in [0.717, 1.165) is 0 Å². The second-order valence-electron chi connectivity index (χ2n) is 2.80. The van der Waals surface area contributed by atoms with E-state index in [2.05, 4.69) is 0 Å². The van der Waals surface area contributed by atoms with E-state index in [0.29, 0.717) is 0 Å². The van der Waals surface area contributed by atoms with Crippen LogP contribution in [-0.4, -0.2) is 53.4 Å². The van der Waals surface area contributed by atoms with Gasteiger partial charge in [0.05, 0.1) is 12.7 Å². The van der Waals surface area contributed by atoms with Crippen molar-refractivity contribution in [2.75, 3.05) is 13.7 Å². The average molecular weight is 179 g/mol. The summed E-state index contributed by atoms with van der Waals surface area (Å²) in [6.45, 7) is 1.22. The minimum atomic E-state index is -1.15. The van der Waals surface area contributed by atoms with Gasteiger partial charge in [-0.05, 0) is 6.92 Å². The highest BCUT2D eigenvalue weighted by atomic mass is 16.5. The number of aliphatic hydroxyl groups is 3. The van der Waals surface area contributed by atoms with Crippen LogP contribution >= 0.6 is 0 Å². The van der Waals surface area contributed by atoms with Crippen LogP contribution in [0.2, 0.25) is 0 Å². The molecule has 0 spiro atoms. The van der Waals surface area contributed by atoms with Crippen LogP contribution in [0.15, 0.2) is 0 Å². The number of nitrogens with two attached hydrogens (primary N) is 1. The van der Waals surface area contributed by atoms with E-state index in [1.165, 1.54) is 7.11 Å². The number of rotatable bonds is 5. The minimum Gasteiger partial charge on any atom is -0.394 e. The molecule has 0 saturated carbocycles. The van der Waals surface area contributed by atoms with Crippen molar-refractivity contribution in [3.63, 3.8) is 0 Å². The Kier molecular flexibility index (Phi) is 5.36. The molecule has 5 N–H and O–H groups in total. The third kappa shape index (κ3) is 3.04. The van der Waals surface area contributed by atoms with Crippen LogP contribution in [0.5, 0.6) is 0 Å². The van der Waals surface area contributed by atoms with E-state index >= 15 is 0 Å². The van der Waals surface area contributed by atoms with E-state index in [1.54, 1.807) is 6.92 Å². The van der Waals surface area contributed by atoms with Gasteiger partial charge in [0.1, 0.15) is 12.2 Å². The number of ether oxygens (including phenoxy) is 1. The van der Waals surface area contributed by atoms with Crippen molar-refractivity contribution in [3.8, 4) is 0 Å². The zero-order chi connectivity index (χ0) is 9.72. The first-order valence-corrected chi connectivity index (χ1v) is 3.80. The molecule has 0 aliphatic heterocycles. The maximum absolute atomic E-state index is 9.33. The van der Waals surface area contributed by atoms with Gasteiger partial charge in [-0.2, -0.15) is 0 Å². The molecule has 3 unspecified atom stereocenters. The summed E-state index contributed by atoms with van der Waals surface area (Å²) in [5.74, 6) is 0. The monoisotopic (exact) mass is 179 g/mol. The molecule has 0 fully saturated rings. The molecule has 0 aliphatic carbocycles. The Morgan fingerprint density at radius 1 is 1.33 bits per heavy atom. The van der Waals surface area contributed by atoms with Gasteiger partial charge in [-0.25, -0.2) is 0 Å². The molecule has 0 rings (SSSR count). The van der Waals surface area contributed by atoms with Crippen molar-refractivity contribution >= 4 is 0 Å². The molecule has 0 aromatic carbocycles. The quantitative estimate of drug-likeness (QED) is 0.394. The highest BCUT2D eigenvalue weighted by Crippen LogP contribution is 2.05. The molecular weight excluding hydrogens is 162 g/mol. The number of hydrogen-bond acceptors (Lipinski definition) is 5. The van der Waals surface area contributed by atoms with Crippen molar-refractivity contribution < 1.29 is 20.1 Å². The van der Waals surface area contributed by atoms with E-state index in [9.17, 15) is 10.2 Å². The Hall–Kier alpha value is -0.200. The van der Waals surface area contributed by atoms with Crippen LogP contribution in [0.3, 0.4) is 0 Å². The van der Waals surface area contributed by atoms with E-state index in [1.807, 2.05) is 0 Å². The molecule has 5 nitrogen and oxygen atoms in total. The second kappa shape index (κ2) is 5.45. The molecule has 0 bridgehead atoms. The molecule has 0 radical (unpaired) electrons. The van der Waals surface area contributed by atoms with Crippen molar-refractivity contribution in [1.82, 2.24) is 0 Å². The second-order valence-corrected chi connectivity index (χ2v) is 2.80. The summed E-state index contributed by atoms with van der Waals surface area (Å²) < 4.78 is 4.72. The molecule has 0 aliphatic rings. The fourth-order valence-corrected chi connectivity index (χ4v) is 0.853. The first-order valence-electron chi connectivity index (χ1n) is 3.80. The predicted molar refractivity (Wildman–Crippen MR) is 43.5 cm³/mol. The van der Waals surface area contributed by atoms with E-state index < -0.39 is 24.4 Å².